The predicted octanol–water partition coefficient (Wildman–Crippen LogP) is 4.45. The molecule has 1 saturated heterocycles. The third-order valence-corrected chi connectivity index (χ3v) is 4.41. The fourth-order valence-electron chi connectivity index (χ4n) is 2.91. The van der Waals surface area contributed by atoms with E-state index in [1.807, 2.05) is 18.2 Å². The summed E-state index contributed by atoms with van der Waals surface area (Å²) in [5.74, 6) is -0.208. The fourth-order valence-corrected chi connectivity index (χ4v) is 3.08. The molecule has 0 aromatic heterocycles. The second kappa shape index (κ2) is 7.37. The summed E-state index contributed by atoms with van der Waals surface area (Å²) in [5.41, 5.74) is 2.77. The first-order valence-corrected chi connectivity index (χ1v) is 8.41. The minimum Gasteiger partial charge on any atom is -0.370 e. The molecule has 0 radical (unpaired) electrons. The van der Waals surface area contributed by atoms with Crippen LogP contribution in [-0.2, 0) is 0 Å². The molecular weight excluding hydrogens is 322 g/mol. The number of rotatable bonds is 3. The van der Waals surface area contributed by atoms with Gasteiger partial charge in [0.2, 0.25) is 0 Å². The zero-order valence-electron chi connectivity index (χ0n) is 13.3. The quantitative estimate of drug-likeness (QED) is 0.898. The Morgan fingerprint density at radius 2 is 1.79 bits per heavy atom. The van der Waals surface area contributed by atoms with Crippen molar-refractivity contribution in [2.75, 3.05) is 23.3 Å². The van der Waals surface area contributed by atoms with Gasteiger partial charge in [0.1, 0.15) is 0 Å². The molecule has 2 aromatic carbocycles. The highest BCUT2D eigenvalue weighted by atomic mass is 35.5. The van der Waals surface area contributed by atoms with E-state index in [0.717, 1.165) is 37.3 Å². The van der Waals surface area contributed by atoms with E-state index in [1.54, 1.807) is 30.3 Å². The van der Waals surface area contributed by atoms with E-state index in [-0.39, 0.29) is 5.91 Å². The Morgan fingerprint density at radius 3 is 2.46 bits per heavy atom. The molecule has 1 aliphatic rings. The molecule has 1 N–H and O–H groups in total. The van der Waals surface area contributed by atoms with E-state index in [9.17, 15) is 4.79 Å². The lowest BCUT2D eigenvalue weighted by atomic mass is 10.1. The summed E-state index contributed by atoms with van der Waals surface area (Å²) in [5, 5.41) is 12.4. The largest absolute Gasteiger partial charge is 0.370 e. The molecular formula is C19H18ClN3O. The first-order valence-electron chi connectivity index (χ1n) is 8.03. The Kier molecular flexibility index (Phi) is 5.02. The zero-order valence-corrected chi connectivity index (χ0v) is 14.0. The van der Waals surface area contributed by atoms with Gasteiger partial charge < -0.3 is 10.2 Å². The van der Waals surface area contributed by atoms with E-state index < -0.39 is 0 Å². The molecule has 1 heterocycles. The third-order valence-electron chi connectivity index (χ3n) is 4.18. The number of hydrogen-bond donors (Lipinski definition) is 1. The summed E-state index contributed by atoms with van der Waals surface area (Å²) < 4.78 is 0. The molecule has 1 amide bonds. The maximum atomic E-state index is 12.5. The second-order valence-electron chi connectivity index (χ2n) is 5.85. The fraction of sp³-hybridized carbons (Fsp3) is 0.263. The van der Waals surface area contributed by atoms with Gasteiger partial charge in [-0.3, -0.25) is 4.79 Å². The summed E-state index contributed by atoms with van der Waals surface area (Å²) in [6.45, 7) is 1.97. The van der Waals surface area contributed by atoms with Crippen LogP contribution in [0.15, 0.2) is 42.5 Å². The third kappa shape index (κ3) is 3.69. The molecule has 3 rings (SSSR count). The van der Waals surface area contributed by atoms with Gasteiger partial charge in [0.05, 0.1) is 23.0 Å². The minimum absolute atomic E-state index is 0.208. The van der Waals surface area contributed by atoms with Gasteiger partial charge in [-0.25, -0.2) is 0 Å². The molecule has 24 heavy (non-hydrogen) atoms. The van der Waals surface area contributed by atoms with Crippen molar-refractivity contribution in [1.82, 2.24) is 0 Å². The Balaban J connectivity index is 1.83. The van der Waals surface area contributed by atoms with Crippen LogP contribution in [0.4, 0.5) is 11.4 Å². The van der Waals surface area contributed by atoms with E-state index in [4.69, 9.17) is 16.9 Å². The van der Waals surface area contributed by atoms with Crippen molar-refractivity contribution in [3.05, 3.63) is 58.6 Å². The molecule has 1 fully saturated rings. The predicted molar refractivity (Wildman–Crippen MR) is 96.6 cm³/mol. The normalized spacial score (nSPS) is 14.1. The molecule has 0 aliphatic carbocycles. The topological polar surface area (TPSA) is 56.1 Å². The maximum absolute atomic E-state index is 12.5. The van der Waals surface area contributed by atoms with E-state index in [1.165, 1.54) is 6.42 Å². The first kappa shape index (κ1) is 16.4. The molecule has 0 atom stereocenters. The van der Waals surface area contributed by atoms with Crippen LogP contribution in [0.2, 0.25) is 5.02 Å². The first-order chi connectivity index (χ1) is 11.7. The molecule has 1 aliphatic heterocycles. The molecule has 0 unspecified atom stereocenters. The summed E-state index contributed by atoms with van der Waals surface area (Å²) >= 11 is 6.12. The summed E-state index contributed by atoms with van der Waals surface area (Å²) in [6.07, 6.45) is 3.56. The van der Waals surface area contributed by atoms with Gasteiger partial charge in [0, 0.05) is 23.7 Å². The van der Waals surface area contributed by atoms with E-state index in [0.29, 0.717) is 16.1 Å². The maximum Gasteiger partial charge on any atom is 0.255 e. The van der Waals surface area contributed by atoms with E-state index >= 15 is 0 Å². The SMILES string of the molecule is N#Cc1ccc(C(=O)Nc2cc(Cl)ccc2N2CCCCC2)cc1. The van der Waals surface area contributed by atoms with Gasteiger partial charge in [0.15, 0.2) is 0 Å². The Bertz CT molecular complexity index is 774. The Morgan fingerprint density at radius 1 is 1.08 bits per heavy atom. The summed E-state index contributed by atoms with van der Waals surface area (Å²) in [4.78, 5) is 14.8. The number of amides is 1. The van der Waals surface area contributed by atoms with Crippen LogP contribution in [0.3, 0.4) is 0 Å². The van der Waals surface area contributed by atoms with Gasteiger partial charge in [-0.15, -0.1) is 0 Å². The molecule has 122 valence electrons. The number of nitriles is 1. The van der Waals surface area contributed by atoms with Gasteiger partial charge >= 0.3 is 0 Å². The van der Waals surface area contributed by atoms with Crippen molar-refractivity contribution >= 4 is 28.9 Å². The highest BCUT2D eigenvalue weighted by Gasteiger charge is 2.17. The average molecular weight is 340 g/mol. The molecule has 0 spiro atoms. The number of hydrogen-bond acceptors (Lipinski definition) is 3. The van der Waals surface area contributed by atoms with Gasteiger partial charge in [-0.2, -0.15) is 5.26 Å². The minimum atomic E-state index is -0.208. The number of piperidine rings is 1. The number of benzene rings is 2. The molecule has 4 nitrogen and oxygen atoms in total. The number of halogens is 1. The van der Waals surface area contributed by atoms with Crippen LogP contribution in [0.1, 0.15) is 35.2 Å². The van der Waals surface area contributed by atoms with Crippen molar-refractivity contribution in [3.8, 4) is 6.07 Å². The van der Waals surface area contributed by atoms with Crippen LogP contribution >= 0.6 is 11.6 Å². The number of carbonyl (C=O) groups excluding carboxylic acids is 1. The lowest BCUT2D eigenvalue weighted by molar-refractivity contribution is 0.102. The zero-order chi connectivity index (χ0) is 16.9. The van der Waals surface area contributed by atoms with Crippen molar-refractivity contribution < 1.29 is 4.79 Å². The monoisotopic (exact) mass is 339 g/mol. The smallest absolute Gasteiger partial charge is 0.255 e. The van der Waals surface area contributed by atoms with Crippen LogP contribution in [0.25, 0.3) is 0 Å². The van der Waals surface area contributed by atoms with Gasteiger partial charge in [0.25, 0.3) is 5.91 Å². The lowest BCUT2D eigenvalue weighted by Crippen LogP contribution is -2.30. The summed E-state index contributed by atoms with van der Waals surface area (Å²) in [6, 6.07) is 14.2. The standard InChI is InChI=1S/C19H18ClN3O/c20-16-8-9-18(23-10-2-1-3-11-23)17(12-16)22-19(24)15-6-4-14(13-21)5-7-15/h4-9,12H,1-3,10-11H2,(H,22,24). The highest BCUT2D eigenvalue weighted by molar-refractivity contribution is 6.31. The Hall–Kier alpha value is -2.51. The van der Waals surface area contributed by atoms with Crippen molar-refractivity contribution in [2.45, 2.75) is 19.3 Å². The molecule has 2 aromatic rings. The molecule has 0 saturated carbocycles. The Labute approximate surface area is 146 Å². The van der Waals surface area contributed by atoms with E-state index in [2.05, 4.69) is 10.2 Å². The van der Waals surface area contributed by atoms with Crippen LogP contribution in [0.5, 0.6) is 0 Å². The van der Waals surface area contributed by atoms with Gasteiger partial charge in [-0.1, -0.05) is 11.6 Å². The van der Waals surface area contributed by atoms with Gasteiger partial charge in [-0.05, 0) is 61.7 Å². The van der Waals surface area contributed by atoms with Crippen molar-refractivity contribution in [2.24, 2.45) is 0 Å². The molecule has 5 heteroatoms. The molecule has 0 bridgehead atoms. The van der Waals surface area contributed by atoms with Crippen LogP contribution < -0.4 is 10.2 Å². The number of anilines is 2. The van der Waals surface area contributed by atoms with Crippen molar-refractivity contribution in [1.29, 1.82) is 5.26 Å². The van der Waals surface area contributed by atoms with Crippen LogP contribution in [-0.4, -0.2) is 19.0 Å². The second-order valence-corrected chi connectivity index (χ2v) is 6.29. The number of nitrogens with one attached hydrogen (secondary N) is 1. The number of nitrogens with zero attached hydrogens (tertiary/aromatic N) is 2. The average Bonchev–Trinajstić information content (AvgIpc) is 2.62. The van der Waals surface area contributed by atoms with Crippen LogP contribution in [0, 0.1) is 11.3 Å². The summed E-state index contributed by atoms with van der Waals surface area (Å²) in [7, 11) is 0. The van der Waals surface area contributed by atoms with Crippen molar-refractivity contribution in [3.63, 3.8) is 0 Å². The highest BCUT2D eigenvalue weighted by Crippen LogP contribution is 2.31. The number of carbonyl (C=O) groups is 1. The lowest BCUT2D eigenvalue weighted by Gasteiger charge is -2.30.